The third-order valence-corrected chi connectivity index (χ3v) is 6.76. The van der Waals surface area contributed by atoms with Crippen LogP contribution in [-0.2, 0) is 21.1 Å². The first-order valence-corrected chi connectivity index (χ1v) is 10.1. The molecule has 0 saturated carbocycles. The Kier molecular flexibility index (Phi) is 4.67. The maximum absolute atomic E-state index is 12.5. The van der Waals surface area contributed by atoms with Crippen molar-refractivity contribution in [2.45, 2.75) is 23.1 Å². The number of aromatic nitrogens is 1. The highest BCUT2D eigenvalue weighted by molar-refractivity contribution is 7.92. The highest BCUT2D eigenvalue weighted by atomic mass is 32.2. The summed E-state index contributed by atoms with van der Waals surface area (Å²) in [5, 5.41) is 3.09. The standard InChI is InChI=1S/C19H18N2O5S/c22-19(17-9-14-5-7-20-11-18(14)26-17)21-10-13-1-3-15(4-2-13)27(23,24)16-6-8-25-12-16/h1-5,7,9,11,16H,6,8,10,12H2,(H,21,22)/t16-/m1/s1. The number of sulfone groups is 1. The monoisotopic (exact) mass is 386 g/mol. The van der Waals surface area contributed by atoms with Crippen molar-refractivity contribution in [3.05, 3.63) is 60.1 Å². The van der Waals surface area contributed by atoms with Crippen LogP contribution in [0.25, 0.3) is 11.0 Å². The van der Waals surface area contributed by atoms with Gasteiger partial charge in [-0.25, -0.2) is 8.42 Å². The number of pyridine rings is 1. The normalized spacial score (nSPS) is 17.3. The second-order valence-corrected chi connectivity index (χ2v) is 8.61. The molecule has 140 valence electrons. The van der Waals surface area contributed by atoms with E-state index < -0.39 is 15.1 Å². The van der Waals surface area contributed by atoms with Gasteiger partial charge >= 0.3 is 0 Å². The number of carbonyl (C=O) groups is 1. The molecule has 1 aromatic carbocycles. The molecule has 1 aliphatic heterocycles. The molecule has 0 spiro atoms. The summed E-state index contributed by atoms with van der Waals surface area (Å²) < 4.78 is 35.7. The van der Waals surface area contributed by atoms with Gasteiger partial charge in [0.2, 0.25) is 0 Å². The van der Waals surface area contributed by atoms with E-state index in [1.165, 1.54) is 0 Å². The average molecular weight is 386 g/mol. The minimum absolute atomic E-state index is 0.207. The van der Waals surface area contributed by atoms with Crippen molar-refractivity contribution in [2.24, 2.45) is 0 Å². The number of nitrogens with zero attached hydrogens (tertiary/aromatic N) is 1. The van der Waals surface area contributed by atoms with Crippen LogP contribution in [0.4, 0.5) is 0 Å². The Labute approximate surface area is 156 Å². The highest BCUT2D eigenvalue weighted by Gasteiger charge is 2.30. The zero-order valence-electron chi connectivity index (χ0n) is 14.4. The number of benzene rings is 1. The lowest BCUT2D eigenvalue weighted by Crippen LogP contribution is -2.23. The van der Waals surface area contributed by atoms with E-state index in [0.29, 0.717) is 18.6 Å². The molecule has 1 N–H and O–H groups in total. The van der Waals surface area contributed by atoms with Gasteiger partial charge in [-0.2, -0.15) is 0 Å². The summed E-state index contributed by atoms with van der Waals surface area (Å²) in [5.41, 5.74) is 1.34. The van der Waals surface area contributed by atoms with Crippen molar-refractivity contribution in [1.82, 2.24) is 10.3 Å². The molecule has 7 nitrogen and oxygen atoms in total. The second kappa shape index (κ2) is 7.13. The molecule has 1 fully saturated rings. The fraction of sp³-hybridized carbons (Fsp3) is 0.263. The molecule has 8 heteroatoms. The Hall–Kier alpha value is -2.71. The van der Waals surface area contributed by atoms with Gasteiger partial charge in [-0.1, -0.05) is 12.1 Å². The smallest absolute Gasteiger partial charge is 0.287 e. The summed E-state index contributed by atoms with van der Waals surface area (Å²) in [6.07, 6.45) is 3.71. The molecule has 2 aromatic heterocycles. The first-order chi connectivity index (χ1) is 13.0. The third-order valence-electron chi connectivity index (χ3n) is 4.58. The molecular formula is C19H18N2O5S. The van der Waals surface area contributed by atoms with E-state index in [1.807, 2.05) is 0 Å². The summed E-state index contributed by atoms with van der Waals surface area (Å²) in [4.78, 5) is 16.5. The van der Waals surface area contributed by atoms with Crippen LogP contribution >= 0.6 is 0 Å². The molecule has 3 aromatic rings. The van der Waals surface area contributed by atoms with Gasteiger partial charge in [0.15, 0.2) is 21.2 Å². The summed E-state index contributed by atoms with van der Waals surface area (Å²) >= 11 is 0. The van der Waals surface area contributed by atoms with Gasteiger partial charge in [-0.15, -0.1) is 0 Å². The van der Waals surface area contributed by atoms with E-state index >= 15 is 0 Å². The zero-order chi connectivity index (χ0) is 18.9. The Balaban J connectivity index is 1.42. The minimum Gasteiger partial charge on any atom is -0.449 e. The average Bonchev–Trinajstić information content (AvgIpc) is 3.36. The van der Waals surface area contributed by atoms with Crippen molar-refractivity contribution >= 4 is 26.7 Å². The molecular weight excluding hydrogens is 368 g/mol. The molecule has 0 radical (unpaired) electrons. The number of furan rings is 1. The summed E-state index contributed by atoms with van der Waals surface area (Å²) in [6.45, 7) is 0.986. The Morgan fingerprint density at radius 1 is 1.22 bits per heavy atom. The van der Waals surface area contributed by atoms with Crippen LogP contribution in [0.15, 0.2) is 58.1 Å². The lowest BCUT2D eigenvalue weighted by Gasteiger charge is -2.10. The van der Waals surface area contributed by atoms with Crippen LogP contribution in [0.2, 0.25) is 0 Å². The SMILES string of the molecule is O=C(NCc1ccc(S(=O)(=O)[C@@H]2CCOC2)cc1)c1cc2ccncc2o1. The van der Waals surface area contributed by atoms with Crippen LogP contribution in [0, 0.1) is 0 Å². The van der Waals surface area contributed by atoms with Crippen LogP contribution < -0.4 is 5.32 Å². The predicted octanol–water partition coefficient (Wildman–Crippen LogP) is 2.32. The fourth-order valence-electron chi connectivity index (χ4n) is 3.01. The van der Waals surface area contributed by atoms with Crippen LogP contribution in [0.5, 0.6) is 0 Å². The minimum atomic E-state index is -3.38. The molecule has 27 heavy (non-hydrogen) atoms. The second-order valence-electron chi connectivity index (χ2n) is 6.38. The highest BCUT2D eigenvalue weighted by Crippen LogP contribution is 2.23. The lowest BCUT2D eigenvalue weighted by molar-refractivity contribution is 0.0925. The van der Waals surface area contributed by atoms with E-state index in [0.717, 1.165) is 10.9 Å². The van der Waals surface area contributed by atoms with Gasteiger partial charge in [-0.05, 0) is 36.2 Å². The largest absolute Gasteiger partial charge is 0.449 e. The number of hydrogen-bond acceptors (Lipinski definition) is 6. The van der Waals surface area contributed by atoms with E-state index in [4.69, 9.17) is 9.15 Å². The van der Waals surface area contributed by atoms with Crippen LogP contribution in [0.1, 0.15) is 22.5 Å². The number of rotatable bonds is 5. The van der Waals surface area contributed by atoms with E-state index in [2.05, 4.69) is 10.3 Å². The van der Waals surface area contributed by atoms with Crippen molar-refractivity contribution in [3.8, 4) is 0 Å². The number of amides is 1. The molecule has 4 rings (SSSR count). The van der Waals surface area contributed by atoms with E-state index in [-0.39, 0.29) is 29.7 Å². The molecule has 3 heterocycles. The molecule has 0 bridgehead atoms. The molecule has 1 atom stereocenters. The zero-order valence-corrected chi connectivity index (χ0v) is 15.2. The van der Waals surface area contributed by atoms with E-state index in [9.17, 15) is 13.2 Å². The van der Waals surface area contributed by atoms with Crippen molar-refractivity contribution < 1.29 is 22.4 Å². The summed E-state index contributed by atoms with van der Waals surface area (Å²) in [6, 6.07) is 9.97. The first-order valence-electron chi connectivity index (χ1n) is 8.56. The van der Waals surface area contributed by atoms with Crippen molar-refractivity contribution in [3.63, 3.8) is 0 Å². The van der Waals surface area contributed by atoms with Gasteiger partial charge in [0.05, 0.1) is 22.9 Å². The summed E-state index contributed by atoms with van der Waals surface area (Å²) in [5.74, 6) is -0.135. The van der Waals surface area contributed by atoms with Gasteiger partial charge in [-0.3, -0.25) is 9.78 Å². The number of hydrogen-bond donors (Lipinski definition) is 1. The Bertz CT molecular complexity index is 1030. The van der Waals surface area contributed by atoms with Gasteiger partial charge in [0, 0.05) is 24.7 Å². The molecule has 1 saturated heterocycles. The van der Waals surface area contributed by atoms with Gasteiger partial charge in [0.25, 0.3) is 5.91 Å². The third kappa shape index (κ3) is 3.58. The lowest BCUT2D eigenvalue weighted by atomic mass is 10.2. The fourth-order valence-corrected chi connectivity index (χ4v) is 4.60. The number of nitrogens with one attached hydrogen (secondary N) is 1. The van der Waals surface area contributed by atoms with Crippen LogP contribution in [0.3, 0.4) is 0 Å². The molecule has 0 aliphatic carbocycles. The molecule has 1 aliphatic rings. The Morgan fingerprint density at radius 2 is 2.04 bits per heavy atom. The predicted molar refractivity (Wildman–Crippen MR) is 98.0 cm³/mol. The number of fused-ring (bicyclic) bond motifs is 1. The molecule has 0 unspecified atom stereocenters. The molecule has 1 amide bonds. The topological polar surface area (TPSA) is 98.5 Å². The Morgan fingerprint density at radius 3 is 2.74 bits per heavy atom. The maximum Gasteiger partial charge on any atom is 0.287 e. The van der Waals surface area contributed by atoms with Crippen molar-refractivity contribution in [2.75, 3.05) is 13.2 Å². The number of ether oxygens (including phenoxy) is 1. The quantitative estimate of drug-likeness (QED) is 0.723. The van der Waals surface area contributed by atoms with Crippen molar-refractivity contribution in [1.29, 1.82) is 0 Å². The van der Waals surface area contributed by atoms with Gasteiger partial charge in [0.1, 0.15) is 0 Å². The summed E-state index contributed by atoms with van der Waals surface area (Å²) in [7, 11) is -3.38. The maximum atomic E-state index is 12.5. The van der Waals surface area contributed by atoms with E-state index in [1.54, 1.807) is 48.8 Å². The first kappa shape index (κ1) is 17.7. The number of carbonyl (C=O) groups excluding carboxylic acids is 1. The van der Waals surface area contributed by atoms with Crippen LogP contribution in [-0.4, -0.2) is 37.8 Å². The van der Waals surface area contributed by atoms with Gasteiger partial charge < -0.3 is 14.5 Å².